The fourth-order valence-corrected chi connectivity index (χ4v) is 3.16. The Morgan fingerprint density at radius 3 is 2.00 bits per heavy atom. The minimum atomic E-state index is -4.55. The Hall–Kier alpha value is -1.68. The van der Waals surface area contributed by atoms with Crippen LogP contribution in [0, 0.1) is 6.92 Å². The van der Waals surface area contributed by atoms with Crippen molar-refractivity contribution < 1.29 is 31.0 Å². The van der Waals surface area contributed by atoms with Gasteiger partial charge in [-0.2, -0.15) is 16.8 Å². The summed E-state index contributed by atoms with van der Waals surface area (Å²) in [6.07, 6.45) is 0. The molecule has 0 unspecified atom stereocenters. The largest absolute Gasteiger partial charge is 0.507 e. The van der Waals surface area contributed by atoms with Crippen LogP contribution in [0.4, 0.5) is 0 Å². The average molecular weight is 318 g/mol. The van der Waals surface area contributed by atoms with E-state index in [4.69, 9.17) is 9.11 Å². The van der Waals surface area contributed by atoms with Crippen molar-refractivity contribution in [1.82, 2.24) is 0 Å². The van der Waals surface area contributed by atoms with E-state index in [2.05, 4.69) is 0 Å². The van der Waals surface area contributed by atoms with Crippen molar-refractivity contribution in [2.24, 2.45) is 0 Å². The lowest BCUT2D eigenvalue weighted by Crippen LogP contribution is -2.02. The molecule has 0 saturated heterocycles. The Morgan fingerprint density at radius 1 is 0.900 bits per heavy atom. The molecule has 0 aliphatic heterocycles. The standard InChI is InChI=1S/C11H10O7S2/c1-6-2-9-7(4-11(6)20(16,17)18)3-8(5-10(9)12)19(13,14)15/h2-5,12H,1H3,(H,13,14,15)(H,16,17,18). The van der Waals surface area contributed by atoms with Crippen LogP contribution in [0.1, 0.15) is 5.56 Å². The fraction of sp³-hybridized carbons (Fsp3) is 0.0909. The summed E-state index contributed by atoms with van der Waals surface area (Å²) in [4.78, 5) is -0.982. The molecule has 0 heterocycles. The summed E-state index contributed by atoms with van der Waals surface area (Å²) in [5.41, 5.74) is 0.190. The maximum Gasteiger partial charge on any atom is 0.294 e. The quantitative estimate of drug-likeness (QED) is 0.713. The molecule has 108 valence electrons. The third-order valence-corrected chi connectivity index (χ3v) is 4.60. The van der Waals surface area contributed by atoms with Gasteiger partial charge in [0, 0.05) is 11.5 Å². The molecule has 2 aromatic carbocycles. The van der Waals surface area contributed by atoms with Crippen molar-refractivity contribution in [3.8, 4) is 5.75 Å². The molecule has 0 aliphatic rings. The molecule has 2 rings (SSSR count). The molecule has 0 amide bonds. The predicted octanol–water partition coefficient (Wildman–Crippen LogP) is 1.35. The zero-order valence-corrected chi connectivity index (χ0v) is 11.7. The van der Waals surface area contributed by atoms with Gasteiger partial charge in [0.25, 0.3) is 20.2 Å². The monoisotopic (exact) mass is 318 g/mol. The summed E-state index contributed by atoms with van der Waals surface area (Å²) in [5, 5.41) is 9.99. The number of rotatable bonds is 2. The molecule has 0 saturated carbocycles. The fourth-order valence-electron chi connectivity index (χ4n) is 1.88. The number of aryl methyl sites for hydroxylation is 1. The number of fused-ring (bicyclic) bond motifs is 1. The third kappa shape index (κ3) is 2.61. The molecule has 0 aliphatic carbocycles. The van der Waals surface area contributed by atoms with Gasteiger partial charge < -0.3 is 5.11 Å². The molecule has 0 aromatic heterocycles. The first kappa shape index (κ1) is 14.7. The van der Waals surface area contributed by atoms with Crippen molar-refractivity contribution >= 4 is 31.0 Å². The molecule has 0 spiro atoms. The molecular formula is C11H10O7S2. The van der Waals surface area contributed by atoms with Crippen LogP contribution in [0.2, 0.25) is 0 Å². The van der Waals surface area contributed by atoms with Crippen LogP contribution in [0.3, 0.4) is 0 Å². The van der Waals surface area contributed by atoms with Gasteiger partial charge in [0.05, 0.1) is 9.79 Å². The lowest BCUT2D eigenvalue weighted by atomic mass is 10.1. The van der Waals surface area contributed by atoms with E-state index in [1.54, 1.807) is 0 Å². The second kappa shape index (κ2) is 4.42. The summed E-state index contributed by atoms with van der Waals surface area (Å²) in [6, 6.07) is 4.17. The molecule has 0 bridgehead atoms. The lowest BCUT2D eigenvalue weighted by molar-refractivity contribution is 0.471. The number of phenols is 1. The highest BCUT2D eigenvalue weighted by molar-refractivity contribution is 7.86. The van der Waals surface area contributed by atoms with E-state index in [0.717, 1.165) is 18.2 Å². The summed E-state index contributed by atoms with van der Waals surface area (Å²) in [5.74, 6) is -0.430. The number of aromatic hydroxyl groups is 1. The third-order valence-electron chi connectivity index (χ3n) is 2.78. The van der Waals surface area contributed by atoms with Crippen LogP contribution in [0.15, 0.2) is 34.1 Å². The summed E-state index contributed by atoms with van der Waals surface area (Å²) in [7, 11) is -9.03. The number of phenolic OH excluding ortho intramolecular Hbond substituents is 1. The Bertz CT molecular complexity index is 911. The van der Waals surface area contributed by atoms with E-state index in [-0.39, 0.29) is 16.3 Å². The Labute approximate surface area is 115 Å². The molecule has 0 radical (unpaired) electrons. The minimum absolute atomic E-state index is 0.0517. The van der Waals surface area contributed by atoms with Crippen LogP contribution in [0.5, 0.6) is 5.75 Å². The molecule has 0 atom stereocenters. The van der Waals surface area contributed by atoms with E-state index in [1.165, 1.54) is 13.0 Å². The maximum absolute atomic E-state index is 11.2. The van der Waals surface area contributed by atoms with Gasteiger partial charge in [0.1, 0.15) is 5.75 Å². The van der Waals surface area contributed by atoms with Gasteiger partial charge in [-0.15, -0.1) is 0 Å². The topological polar surface area (TPSA) is 129 Å². The van der Waals surface area contributed by atoms with Crippen molar-refractivity contribution in [2.45, 2.75) is 16.7 Å². The van der Waals surface area contributed by atoms with Crippen LogP contribution < -0.4 is 0 Å². The molecule has 9 heteroatoms. The molecule has 7 nitrogen and oxygen atoms in total. The highest BCUT2D eigenvalue weighted by Crippen LogP contribution is 2.32. The van der Waals surface area contributed by atoms with Gasteiger partial charge in [0.15, 0.2) is 0 Å². The Kier molecular flexibility index (Phi) is 3.25. The van der Waals surface area contributed by atoms with E-state index in [9.17, 15) is 21.9 Å². The van der Waals surface area contributed by atoms with Crippen molar-refractivity contribution in [3.63, 3.8) is 0 Å². The van der Waals surface area contributed by atoms with Crippen LogP contribution in [-0.2, 0) is 20.2 Å². The Morgan fingerprint density at radius 2 is 1.50 bits per heavy atom. The number of hydrogen-bond donors (Lipinski definition) is 3. The van der Waals surface area contributed by atoms with Crippen molar-refractivity contribution in [1.29, 1.82) is 0 Å². The van der Waals surface area contributed by atoms with Crippen molar-refractivity contribution in [3.05, 3.63) is 29.8 Å². The second-order valence-electron chi connectivity index (χ2n) is 4.23. The minimum Gasteiger partial charge on any atom is -0.507 e. The van der Waals surface area contributed by atoms with Crippen LogP contribution >= 0.6 is 0 Å². The maximum atomic E-state index is 11.2. The lowest BCUT2D eigenvalue weighted by Gasteiger charge is -2.08. The van der Waals surface area contributed by atoms with E-state index < -0.39 is 35.8 Å². The highest BCUT2D eigenvalue weighted by atomic mass is 32.2. The van der Waals surface area contributed by atoms with Crippen LogP contribution in [-0.4, -0.2) is 31.0 Å². The predicted molar refractivity (Wildman–Crippen MR) is 70.0 cm³/mol. The summed E-state index contributed by atoms with van der Waals surface area (Å²) < 4.78 is 62.5. The number of hydrogen-bond acceptors (Lipinski definition) is 5. The van der Waals surface area contributed by atoms with E-state index in [1.807, 2.05) is 0 Å². The molecule has 20 heavy (non-hydrogen) atoms. The second-order valence-corrected chi connectivity index (χ2v) is 7.04. The van der Waals surface area contributed by atoms with Gasteiger partial charge in [-0.3, -0.25) is 9.11 Å². The SMILES string of the molecule is Cc1cc2c(O)cc(S(=O)(=O)O)cc2cc1S(=O)(=O)O. The van der Waals surface area contributed by atoms with Gasteiger partial charge in [-0.25, -0.2) is 0 Å². The molecule has 0 fully saturated rings. The molecular weight excluding hydrogens is 308 g/mol. The van der Waals surface area contributed by atoms with Gasteiger partial charge >= 0.3 is 0 Å². The molecule has 3 N–H and O–H groups in total. The van der Waals surface area contributed by atoms with Gasteiger partial charge in [0.2, 0.25) is 0 Å². The smallest absolute Gasteiger partial charge is 0.294 e. The first-order chi connectivity index (χ1) is 9.00. The Balaban J connectivity index is 2.93. The molecule has 2 aromatic rings. The zero-order valence-electron chi connectivity index (χ0n) is 10.1. The number of benzene rings is 2. The van der Waals surface area contributed by atoms with Crippen LogP contribution in [0.25, 0.3) is 10.8 Å². The summed E-state index contributed by atoms with van der Waals surface area (Å²) in [6.45, 7) is 1.42. The van der Waals surface area contributed by atoms with Gasteiger partial charge in [-0.05, 0) is 36.1 Å². The van der Waals surface area contributed by atoms with Crippen molar-refractivity contribution in [2.75, 3.05) is 0 Å². The average Bonchev–Trinajstić information content (AvgIpc) is 2.26. The summed E-state index contributed by atoms with van der Waals surface area (Å²) >= 11 is 0. The normalized spacial score (nSPS) is 12.8. The van der Waals surface area contributed by atoms with E-state index >= 15 is 0 Å². The van der Waals surface area contributed by atoms with Gasteiger partial charge in [-0.1, -0.05) is 0 Å². The first-order valence-electron chi connectivity index (χ1n) is 5.22. The van der Waals surface area contributed by atoms with E-state index in [0.29, 0.717) is 0 Å². The zero-order chi connectivity index (χ0) is 15.3. The first-order valence-corrected chi connectivity index (χ1v) is 8.10. The highest BCUT2D eigenvalue weighted by Gasteiger charge is 2.18.